The summed E-state index contributed by atoms with van der Waals surface area (Å²) in [5, 5.41) is 3.32. The summed E-state index contributed by atoms with van der Waals surface area (Å²) in [6.07, 6.45) is 2.17. The summed E-state index contributed by atoms with van der Waals surface area (Å²) in [7, 11) is 0. The van der Waals surface area contributed by atoms with Gasteiger partial charge in [0, 0.05) is 11.6 Å². The first-order valence-corrected chi connectivity index (χ1v) is 6.17. The summed E-state index contributed by atoms with van der Waals surface area (Å²) in [6.45, 7) is 11.0. The highest BCUT2D eigenvalue weighted by atomic mass is 16.5. The van der Waals surface area contributed by atoms with E-state index in [1.807, 2.05) is 13.0 Å². The summed E-state index contributed by atoms with van der Waals surface area (Å²) >= 11 is 0. The second-order valence-electron chi connectivity index (χ2n) is 5.22. The zero-order valence-electron chi connectivity index (χ0n) is 11.5. The number of aryl methyl sites for hydroxylation is 1. The van der Waals surface area contributed by atoms with E-state index in [1.165, 1.54) is 0 Å². The molecule has 1 heterocycles. The molecule has 0 aromatic carbocycles. The van der Waals surface area contributed by atoms with Crippen LogP contribution in [0, 0.1) is 6.92 Å². The quantitative estimate of drug-likeness (QED) is 0.799. The predicted octanol–water partition coefficient (Wildman–Crippen LogP) is 3.17. The molecule has 0 aliphatic rings. The summed E-state index contributed by atoms with van der Waals surface area (Å²) < 4.78 is 5.59. The van der Waals surface area contributed by atoms with Crippen LogP contribution in [-0.2, 0) is 0 Å². The average Bonchev–Trinajstić information content (AvgIpc) is 2.14. The highest BCUT2D eigenvalue weighted by molar-refractivity contribution is 5.40. The van der Waals surface area contributed by atoms with Crippen LogP contribution >= 0.6 is 0 Å². The normalized spacial score (nSPS) is 11.4. The van der Waals surface area contributed by atoms with Crippen molar-refractivity contribution >= 4 is 5.82 Å². The molecule has 17 heavy (non-hydrogen) atoms. The highest BCUT2D eigenvalue weighted by Gasteiger charge is 2.11. The van der Waals surface area contributed by atoms with Crippen molar-refractivity contribution in [2.24, 2.45) is 0 Å². The molecule has 1 rings (SSSR count). The van der Waals surface area contributed by atoms with E-state index >= 15 is 0 Å². The average molecular weight is 237 g/mol. The monoisotopic (exact) mass is 237 g/mol. The van der Waals surface area contributed by atoms with Gasteiger partial charge in [0.2, 0.25) is 5.88 Å². The summed E-state index contributed by atoms with van der Waals surface area (Å²) in [5.41, 5.74) is -0.0124. The van der Waals surface area contributed by atoms with E-state index in [0.717, 1.165) is 24.5 Å². The van der Waals surface area contributed by atoms with Crippen molar-refractivity contribution in [1.82, 2.24) is 9.97 Å². The van der Waals surface area contributed by atoms with Crippen LogP contribution in [-0.4, -0.2) is 22.1 Å². The van der Waals surface area contributed by atoms with Gasteiger partial charge in [-0.25, -0.2) is 4.98 Å². The van der Waals surface area contributed by atoms with E-state index < -0.39 is 0 Å². The fourth-order valence-electron chi connectivity index (χ4n) is 1.38. The number of hydrogen-bond donors (Lipinski definition) is 1. The van der Waals surface area contributed by atoms with Crippen molar-refractivity contribution in [3.8, 4) is 5.88 Å². The molecule has 0 saturated heterocycles. The largest absolute Gasteiger partial charge is 0.478 e. The van der Waals surface area contributed by atoms with Crippen molar-refractivity contribution in [1.29, 1.82) is 0 Å². The van der Waals surface area contributed by atoms with Gasteiger partial charge in [0.1, 0.15) is 11.6 Å². The van der Waals surface area contributed by atoms with Gasteiger partial charge in [-0.15, -0.1) is 0 Å². The molecule has 0 saturated carbocycles. The molecular formula is C13H23N3O. The maximum absolute atomic E-state index is 5.59. The Labute approximate surface area is 104 Å². The van der Waals surface area contributed by atoms with Crippen LogP contribution in [0.2, 0.25) is 0 Å². The van der Waals surface area contributed by atoms with E-state index in [9.17, 15) is 0 Å². The van der Waals surface area contributed by atoms with Crippen LogP contribution in [0.25, 0.3) is 0 Å². The molecule has 0 aliphatic carbocycles. The van der Waals surface area contributed by atoms with Gasteiger partial charge in [0.05, 0.1) is 6.61 Å². The fourth-order valence-corrected chi connectivity index (χ4v) is 1.38. The minimum absolute atomic E-state index is 0.0124. The Morgan fingerprint density at radius 2 is 2.00 bits per heavy atom. The third kappa shape index (κ3) is 5.52. The Bertz CT molecular complexity index is 358. The van der Waals surface area contributed by atoms with Crippen LogP contribution in [0.5, 0.6) is 5.88 Å². The van der Waals surface area contributed by atoms with E-state index in [1.54, 1.807) is 0 Å². The molecule has 1 aromatic heterocycles. The molecule has 0 unspecified atom stereocenters. The molecule has 0 spiro atoms. The van der Waals surface area contributed by atoms with Gasteiger partial charge in [0.15, 0.2) is 0 Å². The Balaban J connectivity index is 2.72. The first-order chi connectivity index (χ1) is 7.90. The van der Waals surface area contributed by atoms with Crippen molar-refractivity contribution in [2.45, 2.75) is 53.0 Å². The second kappa shape index (κ2) is 5.84. The lowest BCUT2D eigenvalue weighted by Crippen LogP contribution is -2.26. The van der Waals surface area contributed by atoms with Crippen molar-refractivity contribution in [3.63, 3.8) is 0 Å². The molecule has 4 heteroatoms. The standard InChI is InChI=1S/C13H23N3O/c1-6-7-8-17-12-9-11(14-10(2)15-12)16-13(3,4)5/h9H,6-8H2,1-5H3,(H,14,15,16). The van der Waals surface area contributed by atoms with Crippen LogP contribution in [0.4, 0.5) is 5.82 Å². The maximum Gasteiger partial charge on any atom is 0.218 e. The second-order valence-corrected chi connectivity index (χ2v) is 5.22. The first-order valence-electron chi connectivity index (χ1n) is 6.17. The molecule has 0 radical (unpaired) electrons. The number of nitrogens with one attached hydrogen (secondary N) is 1. The molecule has 0 atom stereocenters. The third-order valence-electron chi connectivity index (χ3n) is 2.07. The Hall–Kier alpha value is -1.32. The first kappa shape index (κ1) is 13.7. The van der Waals surface area contributed by atoms with Crippen molar-refractivity contribution < 1.29 is 4.74 Å². The van der Waals surface area contributed by atoms with Gasteiger partial charge >= 0.3 is 0 Å². The van der Waals surface area contributed by atoms with Crippen LogP contribution in [0.1, 0.15) is 46.4 Å². The smallest absolute Gasteiger partial charge is 0.218 e. The molecule has 0 fully saturated rings. The number of aromatic nitrogens is 2. The number of anilines is 1. The maximum atomic E-state index is 5.59. The number of unbranched alkanes of at least 4 members (excludes halogenated alkanes) is 1. The van der Waals surface area contributed by atoms with Gasteiger partial charge in [0.25, 0.3) is 0 Å². The molecule has 4 nitrogen and oxygen atoms in total. The van der Waals surface area contributed by atoms with Crippen molar-refractivity contribution in [3.05, 3.63) is 11.9 Å². The Morgan fingerprint density at radius 3 is 2.59 bits per heavy atom. The predicted molar refractivity (Wildman–Crippen MR) is 70.5 cm³/mol. The van der Waals surface area contributed by atoms with Crippen LogP contribution < -0.4 is 10.1 Å². The molecule has 0 aliphatic heterocycles. The van der Waals surface area contributed by atoms with E-state index in [4.69, 9.17) is 4.74 Å². The number of rotatable bonds is 5. The van der Waals surface area contributed by atoms with Gasteiger partial charge < -0.3 is 10.1 Å². The van der Waals surface area contributed by atoms with E-state index in [-0.39, 0.29) is 5.54 Å². The molecule has 0 bridgehead atoms. The van der Waals surface area contributed by atoms with E-state index in [0.29, 0.717) is 12.5 Å². The molecule has 1 N–H and O–H groups in total. The molecular weight excluding hydrogens is 214 g/mol. The summed E-state index contributed by atoms with van der Waals surface area (Å²) in [4.78, 5) is 8.61. The molecule has 96 valence electrons. The van der Waals surface area contributed by atoms with Gasteiger partial charge in [-0.05, 0) is 34.1 Å². The zero-order valence-corrected chi connectivity index (χ0v) is 11.5. The number of nitrogens with zero attached hydrogens (tertiary/aromatic N) is 2. The van der Waals surface area contributed by atoms with Crippen molar-refractivity contribution in [2.75, 3.05) is 11.9 Å². The number of hydrogen-bond acceptors (Lipinski definition) is 4. The number of ether oxygens (including phenoxy) is 1. The van der Waals surface area contributed by atoms with Crippen LogP contribution in [0.3, 0.4) is 0 Å². The highest BCUT2D eigenvalue weighted by Crippen LogP contribution is 2.17. The fraction of sp³-hybridized carbons (Fsp3) is 0.692. The summed E-state index contributed by atoms with van der Waals surface area (Å²) in [6, 6.07) is 1.86. The minimum Gasteiger partial charge on any atom is -0.478 e. The Morgan fingerprint density at radius 1 is 1.29 bits per heavy atom. The topological polar surface area (TPSA) is 47.0 Å². The zero-order chi connectivity index (χ0) is 12.9. The van der Waals surface area contributed by atoms with E-state index in [2.05, 4.69) is 43.0 Å². The SMILES string of the molecule is CCCCOc1cc(NC(C)(C)C)nc(C)n1. The Kier molecular flexibility index (Phi) is 4.73. The van der Waals surface area contributed by atoms with Gasteiger partial charge in [-0.3, -0.25) is 0 Å². The lowest BCUT2D eigenvalue weighted by Gasteiger charge is -2.21. The van der Waals surface area contributed by atoms with Gasteiger partial charge in [-0.1, -0.05) is 13.3 Å². The third-order valence-corrected chi connectivity index (χ3v) is 2.07. The molecule has 0 amide bonds. The lowest BCUT2D eigenvalue weighted by molar-refractivity contribution is 0.296. The van der Waals surface area contributed by atoms with Gasteiger partial charge in [-0.2, -0.15) is 4.98 Å². The lowest BCUT2D eigenvalue weighted by atomic mass is 10.1. The summed E-state index contributed by atoms with van der Waals surface area (Å²) in [5.74, 6) is 2.19. The van der Waals surface area contributed by atoms with Crippen LogP contribution in [0.15, 0.2) is 6.07 Å². The molecule has 1 aromatic rings. The minimum atomic E-state index is -0.0124.